The summed E-state index contributed by atoms with van der Waals surface area (Å²) in [7, 11) is 0. The van der Waals surface area contributed by atoms with Crippen LogP contribution in [-0.4, -0.2) is 24.9 Å². The van der Waals surface area contributed by atoms with E-state index in [0.29, 0.717) is 29.4 Å². The smallest absolute Gasteiger partial charge is 0.227 e. The standard InChI is InChI=1S/4C21H19NO.C18H13NO/c1-13(2)16-11-19-18-6-4-5-17(15-9-7-14(3)8-10-15)20(18)23-21(19)22-12-16;1-13(2)18-11-22-12-19-17-6-4-5-16(20(17)23-21(18)19)15-9-7-14(3)8-10-15;1-13(2)16-11-12-22-19-18-6-4-5-17(20(18)23-21(16)19)15-9-7-14(3)8-10-15;1-13(2)19-21-18(11-12-22-19)17-6-4-5-16(20(17)23-21)15-9-7-14(3)8-10-15;1-12-10-11-16-17(19-12)15-9-5-8-14(18(15)20-16)13-6-3-2-4-7-13/h4*4-13H,1-3H3;2-11H,1H3. The minimum absolute atomic E-state index is 0.335. The Hall–Kier alpha value is -13.1. The fourth-order valence-electron chi connectivity index (χ4n) is 14.9. The maximum absolute atomic E-state index is 6.32. The van der Waals surface area contributed by atoms with Crippen LogP contribution in [0, 0.1) is 34.6 Å². The Kier molecular flexibility index (Phi) is 20.3. The molecule has 0 N–H and O–H groups in total. The van der Waals surface area contributed by atoms with Crippen molar-refractivity contribution in [3.63, 3.8) is 0 Å². The van der Waals surface area contributed by atoms with Gasteiger partial charge in [0.25, 0.3) is 0 Å². The van der Waals surface area contributed by atoms with Gasteiger partial charge in [-0.25, -0.2) is 9.97 Å². The van der Waals surface area contributed by atoms with Crippen LogP contribution in [0.3, 0.4) is 0 Å². The average molecular weight is 1460 g/mol. The number of pyridine rings is 5. The maximum Gasteiger partial charge on any atom is 0.227 e. The summed E-state index contributed by atoms with van der Waals surface area (Å²) in [5.74, 6) is 1.58. The number of benzene rings is 10. The van der Waals surface area contributed by atoms with E-state index >= 15 is 0 Å². The molecule has 0 aliphatic carbocycles. The number of furan rings is 5. The van der Waals surface area contributed by atoms with Crippen molar-refractivity contribution in [2.24, 2.45) is 0 Å². The van der Waals surface area contributed by atoms with E-state index in [0.717, 1.165) is 155 Å². The molecule has 0 radical (unpaired) electrons. The molecule has 20 aromatic rings. The van der Waals surface area contributed by atoms with E-state index in [2.05, 4.69) is 320 Å². The van der Waals surface area contributed by atoms with Gasteiger partial charge >= 0.3 is 0 Å². The van der Waals surface area contributed by atoms with E-state index in [-0.39, 0.29) is 0 Å². The number of hydrogen-bond donors (Lipinski definition) is 0. The Morgan fingerprint density at radius 3 is 1.21 bits per heavy atom. The fourth-order valence-corrected chi connectivity index (χ4v) is 14.9. The van der Waals surface area contributed by atoms with Crippen LogP contribution in [0.2, 0.25) is 0 Å². The number of aryl methyl sites for hydroxylation is 5. The molecular weight excluding hydrogens is 1380 g/mol. The van der Waals surface area contributed by atoms with Crippen LogP contribution in [0.15, 0.2) is 302 Å². The van der Waals surface area contributed by atoms with E-state index in [4.69, 9.17) is 22.1 Å². The molecule has 0 saturated heterocycles. The number of nitrogens with zero attached hydrogens (tertiary/aromatic N) is 5. The van der Waals surface area contributed by atoms with Crippen molar-refractivity contribution in [3.05, 3.63) is 330 Å². The second-order valence-electron chi connectivity index (χ2n) is 30.5. The van der Waals surface area contributed by atoms with Gasteiger partial charge in [0, 0.05) is 119 Å². The lowest BCUT2D eigenvalue weighted by Gasteiger charge is -2.04. The third-order valence-electron chi connectivity index (χ3n) is 21.1. The van der Waals surface area contributed by atoms with E-state index in [1.165, 1.54) is 55.6 Å². The van der Waals surface area contributed by atoms with Crippen LogP contribution in [0.25, 0.3) is 166 Å². The average Bonchev–Trinajstić information content (AvgIpc) is 2.53. The van der Waals surface area contributed by atoms with Gasteiger partial charge in [-0.05, 0) is 134 Å². The zero-order valence-corrected chi connectivity index (χ0v) is 65.6. The summed E-state index contributed by atoms with van der Waals surface area (Å²) < 4.78 is 31.0. The molecule has 0 aliphatic heterocycles. The van der Waals surface area contributed by atoms with Crippen LogP contribution in [0.5, 0.6) is 0 Å². The van der Waals surface area contributed by atoms with Gasteiger partial charge in [0.2, 0.25) is 5.71 Å². The summed E-state index contributed by atoms with van der Waals surface area (Å²) in [4.78, 5) is 22.6. The van der Waals surface area contributed by atoms with E-state index < -0.39 is 0 Å². The van der Waals surface area contributed by atoms with E-state index in [1.807, 2.05) is 74.3 Å². The van der Waals surface area contributed by atoms with Crippen LogP contribution >= 0.6 is 0 Å². The Labute approximate surface area is 652 Å². The SMILES string of the molecule is Cc1ccc(-c2cccc3c2oc2c(C(C)C)ccnc23)cc1.Cc1ccc(-c2cccc3c2oc2c(C(C)C)cncc23)cc1.Cc1ccc(-c2cccc3c2oc2c(C(C)C)nccc23)cc1.Cc1ccc(-c2cccc3c2oc2ncc(C(C)C)cc23)cc1.Cc1ccc2oc3c(-c4ccccc4)cccc3c2n1. The highest BCUT2D eigenvalue weighted by atomic mass is 16.3. The van der Waals surface area contributed by atoms with Crippen molar-refractivity contribution in [2.45, 2.75) is 114 Å². The van der Waals surface area contributed by atoms with Gasteiger partial charge in [-0.2, -0.15) is 0 Å². The van der Waals surface area contributed by atoms with Crippen LogP contribution < -0.4 is 0 Å². The molecule has 112 heavy (non-hydrogen) atoms. The Balaban J connectivity index is 0.000000106. The highest BCUT2D eigenvalue weighted by Gasteiger charge is 2.22. The molecule has 10 heterocycles. The quantitative estimate of drug-likeness (QED) is 0.138. The summed E-state index contributed by atoms with van der Waals surface area (Å²) in [6.45, 7) is 27.8. The van der Waals surface area contributed by atoms with Crippen molar-refractivity contribution in [1.29, 1.82) is 0 Å². The summed E-state index contributed by atoms with van der Waals surface area (Å²) in [6.07, 6.45) is 9.50. The summed E-state index contributed by atoms with van der Waals surface area (Å²) in [5, 5.41) is 8.92. The predicted molar refractivity (Wildman–Crippen MR) is 465 cm³/mol. The molecule has 10 heteroatoms. The third kappa shape index (κ3) is 14.4. The summed E-state index contributed by atoms with van der Waals surface area (Å²) in [6, 6.07) is 86.3. The number of aromatic nitrogens is 5. The molecular formula is C102H89N5O5. The lowest BCUT2D eigenvalue weighted by atomic mass is 10.0. The Bertz CT molecular complexity index is 6380. The molecule has 10 aromatic carbocycles. The topological polar surface area (TPSA) is 130 Å². The number of para-hydroxylation sites is 5. The van der Waals surface area contributed by atoms with Crippen LogP contribution in [-0.2, 0) is 0 Å². The van der Waals surface area contributed by atoms with Gasteiger partial charge in [-0.15, -0.1) is 0 Å². The highest BCUT2D eigenvalue weighted by molar-refractivity contribution is 6.13. The van der Waals surface area contributed by atoms with Crippen molar-refractivity contribution in [1.82, 2.24) is 24.9 Å². The van der Waals surface area contributed by atoms with Crippen molar-refractivity contribution < 1.29 is 22.1 Å². The first-order chi connectivity index (χ1) is 54.4. The van der Waals surface area contributed by atoms with Gasteiger partial charge in [0.15, 0.2) is 16.7 Å². The largest absolute Gasteiger partial charge is 0.455 e. The summed E-state index contributed by atoms with van der Waals surface area (Å²) >= 11 is 0. The molecule has 10 nitrogen and oxygen atoms in total. The summed E-state index contributed by atoms with van der Waals surface area (Å²) in [5.41, 5.74) is 33.0. The van der Waals surface area contributed by atoms with E-state index in [9.17, 15) is 0 Å². The first-order valence-electron chi connectivity index (χ1n) is 38.7. The fraction of sp³-hybridized carbons (Fsp3) is 0.167. The molecule has 0 amide bonds. The lowest BCUT2D eigenvalue weighted by molar-refractivity contribution is 0.651. The number of fused-ring (bicyclic) bond motifs is 15. The van der Waals surface area contributed by atoms with Gasteiger partial charge in [0.1, 0.15) is 44.5 Å². The minimum atomic E-state index is 0.335. The maximum atomic E-state index is 6.32. The lowest BCUT2D eigenvalue weighted by Crippen LogP contribution is -1.91. The van der Waals surface area contributed by atoms with E-state index in [1.54, 1.807) is 0 Å². The van der Waals surface area contributed by atoms with Gasteiger partial charge in [0.05, 0.1) is 5.69 Å². The zero-order valence-electron chi connectivity index (χ0n) is 65.6. The van der Waals surface area contributed by atoms with Gasteiger partial charge in [-0.3, -0.25) is 15.0 Å². The Morgan fingerprint density at radius 2 is 0.696 bits per heavy atom. The monoisotopic (exact) mass is 1460 g/mol. The first kappa shape index (κ1) is 73.1. The second-order valence-corrected chi connectivity index (χ2v) is 30.5. The number of rotatable bonds is 9. The molecule has 0 atom stereocenters. The van der Waals surface area contributed by atoms with Crippen molar-refractivity contribution in [3.8, 4) is 55.6 Å². The molecule has 0 bridgehead atoms. The van der Waals surface area contributed by atoms with Gasteiger partial charge in [-0.1, -0.05) is 284 Å². The molecule has 0 saturated carbocycles. The molecule has 20 rings (SSSR count). The molecule has 552 valence electrons. The molecule has 0 spiro atoms. The molecule has 0 aliphatic rings. The van der Waals surface area contributed by atoms with Crippen molar-refractivity contribution >= 4 is 110 Å². The second kappa shape index (κ2) is 31.1. The zero-order chi connectivity index (χ0) is 77.4. The molecule has 10 aromatic heterocycles. The minimum Gasteiger partial charge on any atom is -0.455 e. The van der Waals surface area contributed by atoms with Gasteiger partial charge < -0.3 is 22.1 Å². The molecule has 0 unspecified atom stereocenters. The third-order valence-corrected chi connectivity index (χ3v) is 21.1. The van der Waals surface area contributed by atoms with Crippen LogP contribution in [0.4, 0.5) is 0 Å². The van der Waals surface area contributed by atoms with Crippen LogP contribution in [0.1, 0.15) is 129 Å². The predicted octanol–water partition coefficient (Wildman–Crippen LogP) is 29.3. The number of hydrogen-bond acceptors (Lipinski definition) is 10. The highest BCUT2D eigenvalue weighted by Crippen LogP contribution is 2.43. The Morgan fingerprint density at radius 1 is 0.268 bits per heavy atom. The van der Waals surface area contributed by atoms with Crippen molar-refractivity contribution in [2.75, 3.05) is 0 Å². The normalized spacial score (nSPS) is 11.6. The first-order valence-corrected chi connectivity index (χ1v) is 38.7. The molecule has 0 fully saturated rings.